The van der Waals surface area contributed by atoms with E-state index >= 15 is 4.39 Å². The molecule has 234 valence electrons. The Balaban J connectivity index is 1.40. The van der Waals surface area contributed by atoms with Crippen LogP contribution in [0.2, 0.25) is 0 Å². The van der Waals surface area contributed by atoms with E-state index in [0.717, 1.165) is 63.2 Å². The summed E-state index contributed by atoms with van der Waals surface area (Å²) in [7, 11) is 0. The van der Waals surface area contributed by atoms with Gasteiger partial charge in [-0.15, -0.1) is 24.5 Å². The molecule has 0 unspecified atom stereocenters. The quantitative estimate of drug-likeness (QED) is 0.115. The Morgan fingerprint density at radius 2 is 1.66 bits per heavy atom. The molecule has 0 aliphatic rings. The number of halogens is 5. The normalized spacial score (nSPS) is 11.8. The lowest BCUT2D eigenvalue weighted by atomic mass is 9.96. The zero-order chi connectivity index (χ0) is 33.0. The van der Waals surface area contributed by atoms with Gasteiger partial charge in [0.05, 0.1) is 16.7 Å². The first-order chi connectivity index (χ1) is 22.5. The standard InChI is InChI=1S/C33H17F5N4O4S/c34-17-8-13-21(24(35)14-17)23-15-25(22-7-3-5-16-4-1-2-6-20(16)22)40-31-26(23)27(39)30(47-31)29(43)28-32(44)46-41-42(28)18-9-11-19(12-10-18)45-33(36,37)38/h1-15H,(H2-,39,41,43,44). The summed E-state index contributed by atoms with van der Waals surface area (Å²) >= 11 is 0.835. The number of pyridine rings is 1. The molecule has 0 saturated heterocycles. The van der Waals surface area contributed by atoms with Crippen molar-refractivity contribution < 1.29 is 45.8 Å². The van der Waals surface area contributed by atoms with Crippen LogP contribution in [0.3, 0.4) is 0 Å². The van der Waals surface area contributed by atoms with Crippen LogP contribution >= 0.6 is 11.3 Å². The Labute approximate surface area is 264 Å². The van der Waals surface area contributed by atoms with Gasteiger partial charge in [0.25, 0.3) is 5.78 Å². The first kappa shape index (κ1) is 29.8. The van der Waals surface area contributed by atoms with E-state index < -0.39 is 41.2 Å². The molecule has 4 aromatic carbocycles. The van der Waals surface area contributed by atoms with Gasteiger partial charge in [0.2, 0.25) is 5.69 Å². The molecule has 2 N–H and O–H groups in total. The Bertz CT molecular complexity index is 2350. The first-order valence-electron chi connectivity index (χ1n) is 13.6. The maximum atomic E-state index is 15.3. The van der Waals surface area contributed by atoms with Gasteiger partial charge in [-0.05, 0) is 51.3 Å². The van der Waals surface area contributed by atoms with Crippen LogP contribution in [-0.2, 0) is 0 Å². The van der Waals surface area contributed by atoms with Crippen LogP contribution < -0.4 is 20.3 Å². The minimum Gasteiger partial charge on any atom is -0.539 e. The number of benzene rings is 4. The van der Waals surface area contributed by atoms with E-state index in [0.29, 0.717) is 11.3 Å². The van der Waals surface area contributed by atoms with E-state index in [1.165, 1.54) is 6.07 Å². The molecule has 0 fully saturated rings. The number of hydrogen-bond donors (Lipinski definition) is 1. The highest BCUT2D eigenvalue weighted by Gasteiger charge is 2.34. The number of ketones is 1. The van der Waals surface area contributed by atoms with E-state index in [-0.39, 0.29) is 37.6 Å². The van der Waals surface area contributed by atoms with Crippen molar-refractivity contribution in [2.75, 3.05) is 5.73 Å². The lowest BCUT2D eigenvalue weighted by molar-refractivity contribution is -0.672. The predicted molar refractivity (Wildman–Crippen MR) is 160 cm³/mol. The van der Waals surface area contributed by atoms with Crippen LogP contribution in [0.25, 0.3) is 49.1 Å². The van der Waals surface area contributed by atoms with E-state index in [2.05, 4.69) is 10.0 Å². The van der Waals surface area contributed by atoms with Gasteiger partial charge >= 0.3 is 12.1 Å². The Morgan fingerprint density at radius 3 is 2.40 bits per heavy atom. The molecule has 3 aromatic heterocycles. The number of alkyl halides is 3. The van der Waals surface area contributed by atoms with Gasteiger partial charge in [-0.1, -0.05) is 42.5 Å². The lowest BCUT2D eigenvalue weighted by Gasteiger charge is -2.11. The van der Waals surface area contributed by atoms with Crippen molar-refractivity contribution in [1.29, 1.82) is 0 Å². The molecule has 14 heteroatoms. The summed E-state index contributed by atoms with van der Waals surface area (Å²) in [5, 5.41) is 18.3. The monoisotopic (exact) mass is 660 g/mol. The fourth-order valence-electron chi connectivity index (χ4n) is 5.31. The first-order valence-corrected chi connectivity index (χ1v) is 14.5. The minimum atomic E-state index is -4.93. The number of fused-ring (bicyclic) bond motifs is 2. The average molecular weight is 661 g/mol. The Hall–Kier alpha value is -5.89. The molecule has 0 radical (unpaired) electrons. The number of nitrogens with zero attached hydrogens (tertiary/aromatic N) is 3. The van der Waals surface area contributed by atoms with Crippen LogP contribution in [0.5, 0.6) is 11.7 Å². The second-order valence-electron chi connectivity index (χ2n) is 10.2. The zero-order valence-electron chi connectivity index (χ0n) is 23.5. The Kier molecular flexibility index (Phi) is 7.08. The van der Waals surface area contributed by atoms with E-state index in [1.807, 2.05) is 42.5 Å². The van der Waals surface area contributed by atoms with Crippen molar-refractivity contribution in [3.8, 4) is 39.8 Å². The van der Waals surface area contributed by atoms with E-state index in [1.54, 1.807) is 6.07 Å². The number of carbonyl (C=O) groups excluding carboxylic acids is 1. The summed E-state index contributed by atoms with van der Waals surface area (Å²) < 4.78 is 76.5. The second-order valence-corrected chi connectivity index (χ2v) is 11.2. The summed E-state index contributed by atoms with van der Waals surface area (Å²) in [6.07, 6.45) is -4.93. The molecule has 8 nitrogen and oxygen atoms in total. The Morgan fingerprint density at radius 1 is 0.915 bits per heavy atom. The molecular formula is C33H17F5N4O4S. The third-order valence-corrected chi connectivity index (χ3v) is 8.43. The number of nitrogens with two attached hydrogens (primary N) is 1. The fourth-order valence-corrected chi connectivity index (χ4v) is 6.37. The average Bonchev–Trinajstić information content (AvgIpc) is 3.59. The van der Waals surface area contributed by atoms with Crippen LogP contribution in [0.4, 0.5) is 27.6 Å². The van der Waals surface area contributed by atoms with Gasteiger partial charge in [-0.2, -0.15) is 0 Å². The second kappa shape index (κ2) is 11.2. The maximum absolute atomic E-state index is 15.3. The third-order valence-electron chi connectivity index (χ3n) is 7.33. The minimum absolute atomic E-state index is 0.00509. The third kappa shape index (κ3) is 5.37. The van der Waals surface area contributed by atoms with Gasteiger partial charge in [0.1, 0.15) is 27.1 Å². The molecule has 47 heavy (non-hydrogen) atoms. The highest BCUT2D eigenvalue weighted by molar-refractivity contribution is 7.21. The van der Waals surface area contributed by atoms with Gasteiger partial charge in [-0.3, -0.25) is 4.79 Å². The fraction of sp³-hybridized carbons (Fsp3) is 0.0303. The summed E-state index contributed by atoms with van der Waals surface area (Å²) in [4.78, 5) is 18.8. The highest BCUT2D eigenvalue weighted by Crippen LogP contribution is 2.43. The molecule has 0 aliphatic heterocycles. The molecule has 0 atom stereocenters. The number of thiophene rings is 1. The molecule has 0 bridgehead atoms. The smallest absolute Gasteiger partial charge is 0.539 e. The van der Waals surface area contributed by atoms with Crippen molar-refractivity contribution in [3.63, 3.8) is 0 Å². The number of ether oxygens (including phenoxy) is 1. The number of hydrogen-bond acceptors (Lipinski definition) is 8. The molecule has 0 saturated carbocycles. The lowest BCUT2D eigenvalue weighted by Crippen LogP contribution is -2.39. The SMILES string of the molecule is Nc1c(C(=O)c2c([O-])on[n+]2-c2ccc(OC(F)(F)F)cc2)sc2nc(-c3cccc4ccccc34)cc(-c3ccc(F)cc3F)c12. The maximum Gasteiger partial charge on any atom is 0.573 e. The van der Waals surface area contributed by atoms with Crippen LogP contribution in [0.15, 0.2) is 95.5 Å². The molecule has 3 heterocycles. The summed E-state index contributed by atoms with van der Waals surface area (Å²) in [6, 6.07) is 22.0. The number of aromatic nitrogens is 3. The summed E-state index contributed by atoms with van der Waals surface area (Å²) in [5.41, 5.74) is 7.14. The molecule has 7 rings (SSSR count). The topological polar surface area (TPSA) is 118 Å². The summed E-state index contributed by atoms with van der Waals surface area (Å²) in [6.45, 7) is 0. The highest BCUT2D eigenvalue weighted by atomic mass is 32.1. The van der Waals surface area contributed by atoms with Crippen LogP contribution in [-0.4, -0.2) is 22.4 Å². The summed E-state index contributed by atoms with van der Waals surface area (Å²) in [5.74, 6) is -4.28. The van der Waals surface area contributed by atoms with Crippen LogP contribution in [0.1, 0.15) is 15.4 Å². The van der Waals surface area contributed by atoms with Gasteiger partial charge < -0.3 is 20.1 Å². The van der Waals surface area contributed by atoms with E-state index in [9.17, 15) is 27.5 Å². The van der Waals surface area contributed by atoms with Crippen LogP contribution in [0, 0.1) is 11.6 Å². The number of anilines is 1. The van der Waals surface area contributed by atoms with Crippen molar-refractivity contribution in [2.24, 2.45) is 0 Å². The van der Waals surface area contributed by atoms with E-state index in [4.69, 9.17) is 15.2 Å². The van der Waals surface area contributed by atoms with Crippen molar-refractivity contribution in [1.82, 2.24) is 10.3 Å². The molecular weight excluding hydrogens is 643 g/mol. The molecule has 0 amide bonds. The van der Waals surface area contributed by atoms with Gasteiger partial charge in [0, 0.05) is 34.7 Å². The predicted octanol–water partition coefficient (Wildman–Crippen LogP) is 7.11. The van der Waals surface area contributed by atoms with Crippen molar-refractivity contribution >= 4 is 43.8 Å². The molecule has 7 aromatic rings. The molecule has 0 spiro atoms. The number of carbonyl (C=O) groups is 1. The number of rotatable bonds is 6. The van der Waals surface area contributed by atoms with Crippen molar-refractivity contribution in [2.45, 2.75) is 6.36 Å². The zero-order valence-corrected chi connectivity index (χ0v) is 24.3. The van der Waals surface area contributed by atoms with Crippen molar-refractivity contribution in [3.05, 3.63) is 113 Å². The van der Waals surface area contributed by atoms with Gasteiger partial charge in [0.15, 0.2) is 5.95 Å². The largest absolute Gasteiger partial charge is 0.573 e. The number of nitrogen functional groups attached to an aromatic ring is 1. The molecule has 0 aliphatic carbocycles. The van der Waals surface area contributed by atoms with Gasteiger partial charge in [-0.25, -0.2) is 13.8 Å².